The zero-order chi connectivity index (χ0) is 14.2. The number of likely N-dealkylation sites (tertiary alicyclic amines) is 1. The lowest BCUT2D eigenvalue weighted by atomic mass is 10.0. The summed E-state index contributed by atoms with van der Waals surface area (Å²) in [5, 5.41) is 0.409. The predicted octanol–water partition coefficient (Wildman–Crippen LogP) is 1.90. The van der Waals surface area contributed by atoms with Crippen LogP contribution in [0.15, 0.2) is 18.2 Å². The molecule has 2 heterocycles. The van der Waals surface area contributed by atoms with Gasteiger partial charge in [-0.1, -0.05) is 17.7 Å². The van der Waals surface area contributed by atoms with Crippen molar-refractivity contribution < 1.29 is 14.3 Å². The number of carbonyl (C=O) groups is 1. The fraction of sp³-hybridized carbons (Fsp3) is 0.500. The van der Waals surface area contributed by atoms with Crippen LogP contribution in [-0.2, 0) is 9.47 Å². The van der Waals surface area contributed by atoms with Crippen molar-refractivity contribution in [3.63, 3.8) is 0 Å². The molecule has 2 fully saturated rings. The fourth-order valence-electron chi connectivity index (χ4n) is 2.73. The van der Waals surface area contributed by atoms with Gasteiger partial charge in [-0.25, -0.2) is 0 Å². The number of rotatable bonds is 1. The van der Waals surface area contributed by atoms with Crippen molar-refractivity contribution in [2.75, 3.05) is 32.0 Å². The number of amides is 1. The van der Waals surface area contributed by atoms with E-state index < -0.39 is 5.79 Å². The van der Waals surface area contributed by atoms with Crippen LogP contribution < -0.4 is 5.73 Å². The van der Waals surface area contributed by atoms with Crippen molar-refractivity contribution in [2.24, 2.45) is 0 Å². The van der Waals surface area contributed by atoms with E-state index in [0.29, 0.717) is 55.4 Å². The van der Waals surface area contributed by atoms with Gasteiger partial charge in [0.05, 0.1) is 29.5 Å². The number of anilines is 1. The summed E-state index contributed by atoms with van der Waals surface area (Å²) in [5.41, 5.74) is 6.68. The summed E-state index contributed by atoms with van der Waals surface area (Å²) in [6.07, 6.45) is 1.39. The molecule has 5 nitrogen and oxygen atoms in total. The monoisotopic (exact) mass is 296 g/mol. The number of para-hydroxylation sites is 1. The highest BCUT2D eigenvalue weighted by Crippen LogP contribution is 2.32. The third kappa shape index (κ3) is 2.37. The van der Waals surface area contributed by atoms with Gasteiger partial charge in [0.1, 0.15) is 0 Å². The Morgan fingerprint density at radius 3 is 2.55 bits per heavy atom. The quantitative estimate of drug-likeness (QED) is 0.804. The van der Waals surface area contributed by atoms with Gasteiger partial charge in [0.15, 0.2) is 5.79 Å². The Balaban J connectivity index is 1.71. The van der Waals surface area contributed by atoms with E-state index in [2.05, 4.69) is 0 Å². The summed E-state index contributed by atoms with van der Waals surface area (Å²) < 4.78 is 11.3. The standard InChI is InChI=1S/C14H17ClN2O3/c15-11-3-1-2-10(12(11)16)13(18)17-6-4-14(5-7-17)19-8-9-20-14/h1-3H,4-9,16H2. The molecule has 2 aliphatic rings. The molecule has 108 valence electrons. The number of carbonyl (C=O) groups excluding carboxylic acids is 1. The Labute approximate surface area is 122 Å². The van der Waals surface area contributed by atoms with E-state index in [1.165, 1.54) is 0 Å². The highest BCUT2D eigenvalue weighted by molar-refractivity contribution is 6.33. The molecule has 2 aliphatic heterocycles. The highest BCUT2D eigenvalue weighted by Gasteiger charge is 2.41. The number of benzene rings is 1. The first-order valence-electron chi connectivity index (χ1n) is 6.72. The van der Waals surface area contributed by atoms with Gasteiger partial charge in [0.25, 0.3) is 5.91 Å². The summed E-state index contributed by atoms with van der Waals surface area (Å²) in [7, 11) is 0. The second-order valence-electron chi connectivity index (χ2n) is 5.10. The smallest absolute Gasteiger partial charge is 0.256 e. The number of ether oxygens (including phenoxy) is 2. The summed E-state index contributed by atoms with van der Waals surface area (Å²) in [6.45, 7) is 2.47. The van der Waals surface area contributed by atoms with Gasteiger partial charge in [-0.3, -0.25) is 4.79 Å². The molecule has 20 heavy (non-hydrogen) atoms. The van der Waals surface area contributed by atoms with Crippen LogP contribution in [0.4, 0.5) is 5.69 Å². The first kappa shape index (κ1) is 13.7. The normalized spacial score (nSPS) is 21.4. The van der Waals surface area contributed by atoms with Gasteiger partial charge in [-0.2, -0.15) is 0 Å². The van der Waals surface area contributed by atoms with Crippen molar-refractivity contribution in [1.29, 1.82) is 0 Å². The number of nitrogen functional groups attached to an aromatic ring is 1. The Morgan fingerprint density at radius 2 is 1.90 bits per heavy atom. The van der Waals surface area contributed by atoms with Crippen LogP contribution in [0.3, 0.4) is 0 Å². The van der Waals surface area contributed by atoms with Gasteiger partial charge in [-0.05, 0) is 12.1 Å². The van der Waals surface area contributed by atoms with E-state index in [4.69, 9.17) is 26.8 Å². The van der Waals surface area contributed by atoms with Crippen LogP contribution in [0.25, 0.3) is 0 Å². The minimum absolute atomic E-state index is 0.0853. The topological polar surface area (TPSA) is 64.8 Å². The van der Waals surface area contributed by atoms with Gasteiger partial charge in [-0.15, -0.1) is 0 Å². The molecule has 0 aromatic heterocycles. The third-order valence-electron chi connectivity index (χ3n) is 3.91. The molecule has 1 aromatic carbocycles. The molecule has 0 bridgehead atoms. The van der Waals surface area contributed by atoms with Gasteiger partial charge >= 0.3 is 0 Å². The van der Waals surface area contributed by atoms with E-state index in [-0.39, 0.29) is 5.91 Å². The van der Waals surface area contributed by atoms with Gasteiger partial charge in [0.2, 0.25) is 0 Å². The molecule has 2 saturated heterocycles. The number of hydrogen-bond acceptors (Lipinski definition) is 4. The molecular weight excluding hydrogens is 280 g/mol. The Bertz CT molecular complexity index is 519. The van der Waals surface area contributed by atoms with Crippen LogP contribution >= 0.6 is 11.6 Å². The Hall–Kier alpha value is -1.30. The van der Waals surface area contributed by atoms with Crippen LogP contribution in [-0.4, -0.2) is 42.9 Å². The predicted molar refractivity (Wildman–Crippen MR) is 75.6 cm³/mol. The summed E-state index contributed by atoms with van der Waals surface area (Å²) in [4.78, 5) is 14.3. The lowest BCUT2D eigenvalue weighted by Gasteiger charge is -2.37. The zero-order valence-corrected chi connectivity index (χ0v) is 11.9. The van der Waals surface area contributed by atoms with Crippen LogP contribution in [0, 0.1) is 0 Å². The summed E-state index contributed by atoms with van der Waals surface area (Å²) >= 11 is 5.96. The maximum absolute atomic E-state index is 12.5. The third-order valence-corrected chi connectivity index (χ3v) is 4.24. The van der Waals surface area contributed by atoms with E-state index in [0.717, 1.165) is 0 Å². The van der Waals surface area contributed by atoms with Crippen LogP contribution in [0.2, 0.25) is 5.02 Å². The van der Waals surface area contributed by atoms with Gasteiger partial charge < -0.3 is 20.1 Å². The highest BCUT2D eigenvalue weighted by atomic mass is 35.5. The maximum atomic E-state index is 12.5. The summed E-state index contributed by atoms with van der Waals surface area (Å²) in [5.74, 6) is -0.561. The second kappa shape index (κ2) is 5.24. The fourth-order valence-corrected chi connectivity index (χ4v) is 2.90. The first-order valence-corrected chi connectivity index (χ1v) is 7.10. The molecule has 1 aromatic rings. The molecule has 1 spiro atoms. The molecule has 2 N–H and O–H groups in total. The molecule has 0 atom stereocenters. The van der Waals surface area contributed by atoms with Crippen LogP contribution in [0.5, 0.6) is 0 Å². The van der Waals surface area contributed by atoms with E-state index >= 15 is 0 Å². The number of nitrogens with two attached hydrogens (primary N) is 1. The lowest BCUT2D eigenvalue weighted by molar-refractivity contribution is -0.181. The molecule has 0 aliphatic carbocycles. The molecule has 0 unspecified atom stereocenters. The van der Waals surface area contributed by atoms with Crippen molar-refractivity contribution in [3.05, 3.63) is 28.8 Å². The largest absolute Gasteiger partial charge is 0.397 e. The SMILES string of the molecule is Nc1c(Cl)cccc1C(=O)N1CCC2(CC1)OCCO2. The Kier molecular flexibility index (Phi) is 3.58. The lowest BCUT2D eigenvalue weighted by Crippen LogP contribution is -2.47. The molecular formula is C14H17ClN2O3. The van der Waals surface area contributed by atoms with Crippen LogP contribution in [0.1, 0.15) is 23.2 Å². The average molecular weight is 297 g/mol. The van der Waals surface area contributed by atoms with Crippen molar-refractivity contribution in [3.8, 4) is 0 Å². The summed E-state index contributed by atoms with van der Waals surface area (Å²) in [6, 6.07) is 5.12. The number of piperidine rings is 1. The molecule has 6 heteroatoms. The van der Waals surface area contributed by atoms with E-state index in [9.17, 15) is 4.79 Å². The molecule has 3 rings (SSSR count). The zero-order valence-electron chi connectivity index (χ0n) is 11.1. The van der Waals surface area contributed by atoms with Crippen molar-refractivity contribution >= 4 is 23.2 Å². The number of halogens is 1. The number of nitrogens with zero attached hydrogens (tertiary/aromatic N) is 1. The van der Waals surface area contributed by atoms with E-state index in [1.807, 2.05) is 0 Å². The number of hydrogen-bond donors (Lipinski definition) is 1. The van der Waals surface area contributed by atoms with Crippen molar-refractivity contribution in [1.82, 2.24) is 4.90 Å². The Morgan fingerprint density at radius 1 is 1.25 bits per heavy atom. The first-order chi connectivity index (χ1) is 9.61. The maximum Gasteiger partial charge on any atom is 0.256 e. The minimum Gasteiger partial charge on any atom is -0.397 e. The van der Waals surface area contributed by atoms with Gasteiger partial charge in [0, 0.05) is 25.9 Å². The molecule has 0 radical (unpaired) electrons. The minimum atomic E-state index is -0.476. The van der Waals surface area contributed by atoms with E-state index in [1.54, 1.807) is 23.1 Å². The molecule has 0 saturated carbocycles. The second-order valence-corrected chi connectivity index (χ2v) is 5.51. The van der Waals surface area contributed by atoms with Crippen molar-refractivity contribution in [2.45, 2.75) is 18.6 Å². The average Bonchev–Trinajstić information content (AvgIpc) is 2.90. The molecule has 1 amide bonds.